The molecule has 1 aromatic heterocycles. The van der Waals surface area contributed by atoms with Crippen LogP contribution < -0.4 is 4.74 Å². The first kappa shape index (κ1) is 16.9. The summed E-state index contributed by atoms with van der Waals surface area (Å²) in [4.78, 5) is 7.08. The van der Waals surface area contributed by atoms with Gasteiger partial charge in [-0.1, -0.05) is 11.8 Å². The normalized spacial score (nSPS) is 13.6. The molecule has 0 amide bonds. The fourth-order valence-corrected chi connectivity index (χ4v) is 1.50. The van der Waals surface area contributed by atoms with E-state index in [-0.39, 0.29) is 5.16 Å². The molecule has 4 nitrogen and oxygen atoms in total. The molecule has 0 saturated heterocycles. The van der Waals surface area contributed by atoms with E-state index in [9.17, 15) is 22.0 Å². The zero-order chi connectivity index (χ0) is 15.3. The number of halogens is 5. The highest BCUT2D eigenvalue weighted by molar-refractivity contribution is 7.98. The van der Waals surface area contributed by atoms with Crippen molar-refractivity contribution in [1.29, 1.82) is 0 Å². The fourth-order valence-electron chi connectivity index (χ4n) is 1.16. The van der Waals surface area contributed by atoms with Gasteiger partial charge in [0.15, 0.2) is 5.16 Å². The van der Waals surface area contributed by atoms with Crippen molar-refractivity contribution in [3.63, 3.8) is 0 Å². The molecule has 1 atom stereocenters. The van der Waals surface area contributed by atoms with Crippen LogP contribution in [0.3, 0.4) is 0 Å². The number of hydrogen-bond acceptors (Lipinski definition) is 5. The molecular formula is C10H11F5N2O2S. The van der Waals surface area contributed by atoms with Gasteiger partial charge in [0.2, 0.25) is 5.88 Å². The number of alkyl halides is 5. The van der Waals surface area contributed by atoms with E-state index in [0.717, 1.165) is 11.8 Å². The summed E-state index contributed by atoms with van der Waals surface area (Å²) in [6, 6.07) is 0. The van der Waals surface area contributed by atoms with Crippen molar-refractivity contribution in [3.05, 3.63) is 11.8 Å². The highest BCUT2D eigenvalue weighted by atomic mass is 32.2. The van der Waals surface area contributed by atoms with Crippen LogP contribution in [-0.2, 0) is 10.9 Å². The Hall–Kier alpha value is -1.16. The Balaban J connectivity index is 2.86. The van der Waals surface area contributed by atoms with E-state index < -0.39 is 36.9 Å². The number of thioether (sulfide) groups is 1. The van der Waals surface area contributed by atoms with Gasteiger partial charge in [-0.05, 0) is 13.2 Å². The average molecular weight is 318 g/mol. The van der Waals surface area contributed by atoms with E-state index >= 15 is 0 Å². The van der Waals surface area contributed by atoms with Crippen molar-refractivity contribution in [2.24, 2.45) is 0 Å². The summed E-state index contributed by atoms with van der Waals surface area (Å²) < 4.78 is 70.8. The quantitative estimate of drug-likeness (QED) is 0.458. The minimum Gasteiger partial charge on any atom is -0.474 e. The molecule has 1 aromatic rings. The minimum atomic E-state index is -4.70. The first-order valence-corrected chi connectivity index (χ1v) is 6.51. The molecule has 20 heavy (non-hydrogen) atoms. The summed E-state index contributed by atoms with van der Waals surface area (Å²) in [6.07, 6.45) is -3.61. The molecule has 0 radical (unpaired) electrons. The Kier molecular flexibility index (Phi) is 5.93. The van der Waals surface area contributed by atoms with Crippen molar-refractivity contribution in [3.8, 4) is 5.88 Å². The topological polar surface area (TPSA) is 44.2 Å². The molecule has 0 aromatic carbocycles. The molecule has 0 bridgehead atoms. The maximum Gasteiger partial charge on any atom is 0.423 e. The predicted octanol–water partition coefficient (Wildman–Crippen LogP) is 3.22. The first-order chi connectivity index (χ1) is 9.24. The number of ether oxygens (including phenoxy) is 2. The number of rotatable bonds is 6. The molecule has 10 heteroatoms. The van der Waals surface area contributed by atoms with E-state index in [0.29, 0.717) is 6.20 Å². The van der Waals surface area contributed by atoms with E-state index in [1.54, 1.807) is 6.26 Å². The largest absolute Gasteiger partial charge is 0.474 e. The first-order valence-electron chi connectivity index (χ1n) is 5.28. The Labute approximate surface area is 115 Å². The smallest absolute Gasteiger partial charge is 0.423 e. The van der Waals surface area contributed by atoms with Crippen LogP contribution in [0.4, 0.5) is 22.0 Å². The van der Waals surface area contributed by atoms with Crippen molar-refractivity contribution in [2.75, 3.05) is 12.9 Å². The maximum atomic E-state index is 12.7. The Bertz CT molecular complexity index is 444. The van der Waals surface area contributed by atoms with Crippen LogP contribution in [0, 0.1) is 0 Å². The van der Waals surface area contributed by atoms with Gasteiger partial charge in [0, 0.05) is 6.20 Å². The van der Waals surface area contributed by atoms with Gasteiger partial charge in [0.05, 0.1) is 6.10 Å². The van der Waals surface area contributed by atoms with Gasteiger partial charge >= 0.3 is 12.8 Å². The molecule has 0 aliphatic rings. The zero-order valence-electron chi connectivity index (χ0n) is 10.4. The summed E-state index contributed by atoms with van der Waals surface area (Å²) in [5.41, 5.74) is -1.17. The van der Waals surface area contributed by atoms with Gasteiger partial charge in [-0.2, -0.15) is 26.9 Å². The van der Waals surface area contributed by atoms with Crippen LogP contribution in [0.25, 0.3) is 0 Å². The third kappa shape index (κ3) is 5.08. The van der Waals surface area contributed by atoms with Crippen LogP contribution in [0.5, 0.6) is 5.88 Å². The van der Waals surface area contributed by atoms with E-state index in [1.807, 2.05) is 0 Å². The van der Waals surface area contributed by atoms with Crippen LogP contribution in [0.2, 0.25) is 0 Å². The van der Waals surface area contributed by atoms with Crippen LogP contribution in [0.1, 0.15) is 12.5 Å². The van der Waals surface area contributed by atoms with Crippen molar-refractivity contribution in [1.82, 2.24) is 9.97 Å². The molecule has 114 valence electrons. The summed E-state index contributed by atoms with van der Waals surface area (Å²) >= 11 is 1.03. The molecule has 0 aliphatic heterocycles. The molecule has 0 fully saturated rings. The van der Waals surface area contributed by atoms with Gasteiger partial charge < -0.3 is 9.47 Å². The lowest BCUT2D eigenvalue weighted by Gasteiger charge is -2.16. The predicted molar refractivity (Wildman–Crippen MR) is 60.9 cm³/mol. The van der Waals surface area contributed by atoms with Crippen LogP contribution in [0.15, 0.2) is 11.4 Å². The maximum absolute atomic E-state index is 12.7. The van der Waals surface area contributed by atoms with Gasteiger partial charge in [-0.25, -0.2) is 4.98 Å². The van der Waals surface area contributed by atoms with E-state index in [2.05, 4.69) is 14.7 Å². The molecule has 1 unspecified atom stereocenters. The second-order valence-electron chi connectivity index (χ2n) is 3.59. The Morgan fingerprint density at radius 2 is 2.00 bits per heavy atom. The van der Waals surface area contributed by atoms with Crippen LogP contribution >= 0.6 is 11.8 Å². The average Bonchev–Trinajstić information content (AvgIpc) is 2.34. The van der Waals surface area contributed by atoms with Crippen molar-refractivity contribution in [2.45, 2.75) is 31.0 Å². The lowest BCUT2D eigenvalue weighted by Crippen LogP contribution is -2.22. The Morgan fingerprint density at radius 1 is 1.35 bits per heavy atom. The zero-order valence-corrected chi connectivity index (χ0v) is 11.3. The summed E-state index contributed by atoms with van der Waals surface area (Å²) in [5.74, 6) is -0.707. The highest BCUT2D eigenvalue weighted by Gasteiger charge is 2.36. The SMILES string of the molecule is CSc1ncc(C(F)(F)F)c(OCC(C)OC(F)F)n1. The third-order valence-corrected chi connectivity index (χ3v) is 2.57. The molecular weight excluding hydrogens is 307 g/mol. The third-order valence-electron chi connectivity index (χ3n) is 2.01. The summed E-state index contributed by atoms with van der Waals surface area (Å²) in [7, 11) is 0. The minimum absolute atomic E-state index is 0.0791. The number of hydrogen-bond donors (Lipinski definition) is 0. The second kappa shape index (κ2) is 7.02. The lowest BCUT2D eigenvalue weighted by atomic mass is 10.3. The summed E-state index contributed by atoms with van der Waals surface area (Å²) in [6.45, 7) is -2.27. The van der Waals surface area contributed by atoms with E-state index in [1.165, 1.54) is 6.92 Å². The highest BCUT2D eigenvalue weighted by Crippen LogP contribution is 2.35. The standard InChI is InChI=1S/C10H11F5N2O2S/c1-5(19-8(11)12)4-18-7-6(10(13,14)15)3-16-9(17-7)20-2/h3,5,8H,4H2,1-2H3. The van der Waals surface area contributed by atoms with Gasteiger partial charge in [0.1, 0.15) is 12.2 Å². The molecule has 0 aliphatic carbocycles. The molecule has 1 rings (SSSR count). The summed E-state index contributed by atoms with van der Waals surface area (Å²) in [5, 5.41) is 0.0791. The second-order valence-corrected chi connectivity index (χ2v) is 4.37. The van der Waals surface area contributed by atoms with Gasteiger partial charge in [-0.15, -0.1) is 0 Å². The van der Waals surface area contributed by atoms with Gasteiger partial charge in [-0.3, -0.25) is 0 Å². The van der Waals surface area contributed by atoms with E-state index in [4.69, 9.17) is 4.74 Å². The van der Waals surface area contributed by atoms with Crippen LogP contribution in [-0.4, -0.2) is 35.5 Å². The fraction of sp³-hybridized carbons (Fsp3) is 0.600. The molecule has 0 N–H and O–H groups in total. The molecule has 0 saturated carbocycles. The Morgan fingerprint density at radius 3 is 2.50 bits per heavy atom. The number of nitrogens with zero attached hydrogens (tertiary/aromatic N) is 2. The van der Waals surface area contributed by atoms with Crippen molar-refractivity contribution < 1.29 is 31.4 Å². The monoisotopic (exact) mass is 318 g/mol. The lowest BCUT2D eigenvalue weighted by molar-refractivity contribution is -0.166. The van der Waals surface area contributed by atoms with Gasteiger partial charge in [0.25, 0.3) is 0 Å². The molecule has 1 heterocycles. The number of aromatic nitrogens is 2. The van der Waals surface area contributed by atoms with Crippen molar-refractivity contribution >= 4 is 11.8 Å². The molecule has 0 spiro atoms.